The molecule has 1 fully saturated rings. The summed E-state index contributed by atoms with van der Waals surface area (Å²) in [5.74, 6) is -0.792. The van der Waals surface area contributed by atoms with Gasteiger partial charge in [0.15, 0.2) is 0 Å². The molecule has 45 heavy (non-hydrogen) atoms. The highest BCUT2D eigenvalue weighted by molar-refractivity contribution is 6.32. The molecule has 0 spiro atoms. The van der Waals surface area contributed by atoms with Gasteiger partial charge in [-0.25, -0.2) is 9.97 Å². The number of methoxy groups -OCH3 is 1. The molecule has 1 aliphatic rings. The largest absolute Gasteiger partial charge is 0.497 e. The van der Waals surface area contributed by atoms with Gasteiger partial charge in [0, 0.05) is 45.8 Å². The fourth-order valence-electron chi connectivity index (χ4n) is 5.43. The van der Waals surface area contributed by atoms with Gasteiger partial charge < -0.3 is 24.5 Å². The summed E-state index contributed by atoms with van der Waals surface area (Å²) < 4.78 is 48.9. The highest BCUT2D eigenvalue weighted by atomic mass is 35.5. The van der Waals surface area contributed by atoms with Crippen molar-refractivity contribution in [1.29, 1.82) is 0 Å². The number of carbonyl (C=O) groups excluding carboxylic acids is 2. The Balaban J connectivity index is 1.32. The Morgan fingerprint density at radius 2 is 1.93 bits per heavy atom. The zero-order valence-corrected chi connectivity index (χ0v) is 26.1. The summed E-state index contributed by atoms with van der Waals surface area (Å²) in [5, 5.41) is 14.9. The van der Waals surface area contributed by atoms with E-state index in [0.29, 0.717) is 38.3 Å². The molecule has 2 aromatic heterocycles. The SMILES string of the molecule is COc1cccc([C@@](O)(C(=O)N(C)CCC[C@H]2CCCN(c3ccc(C(=O)N(C)CCn4cncn4)c(Cl)n3)C2)C(F)(F)F)c1. The smallest absolute Gasteiger partial charge is 0.430 e. The predicted octanol–water partition coefficient (Wildman–Crippen LogP) is 4.01. The number of pyridine rings is 1. The van der Waals surface area contributed by atoms with Gasteiger partial charge in [-0.2, -0.15) is 18.3 Å². The van der Waals surface area contributed by atoms with E-state index < -0.39 is 23.2 Å². The molecule has 15 heteroatoms. The molecule has 0 bridgehead atoms. The highest BCUT2D eigenvalue weighted by Crippen LogP contribution is 2.41. The van der Waals surface area contributed by atoms with Gasteiger partial charge in [-0.3, -0.25) is 14.3 Å². The molecule has 4 rings (SSSR count). The summed E-state index contributed by atoms with van der Waals surface area (Å²) in [6.45, 7) is 2.30. The number of amides is 2. The van der Waals surface area contributed by atoms with Crippen molar-refractivity contribution in [3.05, 3.63) is 65.3 Å². The maximum atomic E-state index is 14.1. The number of alkyl halides is 3. The number of anilines is 1. The standard InChI is InChI=1S/C30H37ClF3N7O4/c1-38(15-16-41-20-35-19-36-41)27(42)24-11-12-25(37-26(24)31)40-14-6-8-21(18-40)7-5-13-39(2)28(43)29(44,30(32,33)34)22-9-4-10-23(17-22)45-3/h4,9-12,17,19-21,44H,5-8,13-16,18H2,1-3H3/t21-,29+/m0/s1. The van der Waals surface area contributed by atoms with Crippen LogP contribution in [0.2, 0.25) is 5.15 Å². The van der Waals surface area contributed by atoms with Crippen LogP contribution in [0.4, 0.5) is 19.0 Å². The van der Waals surface area contributed by atoms with Crippen LogP contribution in [0.1, 0.15) is 41.6 Å². The zero-order valence-electron chi connectivity index (χ0n) is 25.4. The predicted molar refractivity (Wildman–Crippen MR) is 161 cm³/mol. The second-order valence-electron chi connectivity index (χ2n) is 11.2. The minimum atomic E-state index is -5.24. The van der Waals surface area contributed by atoms with Gasteiger partial charge in [0.05, 0.1) is 19.2 Å². The van der Waals surface area contributed by atoms with Gasteiger partial charge in [-0.1, -0.05) is 23.7 Å². The molecule has 2 atom stereocenters. The van der Waals surface area contributed by atoms with E-state index in [9.17, 15) is 27.9 Å². The third kappa shape index (κ3) is 7.85. The lowest BCUT2D eigenvalue weighted by Crippen LogP contribution is -2.55. The summed E-state index contributed by atoms with van der Waals surface area (Å²) in [5.41, 5.74) is -4.02. The molecule has 0 saturated carbocycles. The van der Waals surface area contributed by atoms with Crippen molar-refractivity contribution in [3.8, 4) is 5.75 Å². The average Bonchev–Trinajstić information content (AvgIpc) is 3.56. The number of nitrogens with zero attached hydrogens (tertiary/aromatic N) is 7. The van der Waals surface area contributed by atoms with Gasteiger partial charge in [-0.05, 0) is 55.9 Å². The first kappa shape index (κ1) is 34.0. The Morgan fingerprint density at radius 1 is 1.16 bits per heavy atom. The number of benzene rings is 1. The number of aromatic nitrogens is 4. The number of carbonyl (C=O) groups is 2. The van der Waals surface area contributed by atoms with Gasteiger partial charge >= 0.3 is 6.18 Å². The van der Waals surface area contributed by atoms with Crippen molar-refractivity contribution in [1.82, 2.24) is 29.5 Å². The molecule has 1 aromatic carbocycles. The summed E-state index contributed by atoms with van der Waals surface area (Å²) in [7, 11) is 4.22. The molecule has 244 valence electrons. The summed E-state index contributed by atoms with van der Waals surface area (Å²) in [6, 6.07) is 8.21. The molecule has 1 N–H and O–H groups in total. The second kappa shape index (κ2) is 14.5. The van der Waals surface area contributed by atoms with Gasteiger partial charge in [0.1, 0.15) is 29.4 Å². The molecule has 1 saturated heterocycles. The molecule has 3 aromatic rings. The van der Waals surface area contributed by atoms with Crippen molar-refractivity contribution >= 4 is 29.2 Å². The lowest BCUT2D eigenvalue weighted by molar-refractivity contribution is -0.261. The maximum absolute atomic E-state index is 14.1. The molecule has 0 radical (unpaired) electrons. The van der Waals surface area contributed by atoms with Gasteiger partial charge in [0.25, 0.3) is 17.4 Å². The minimum absolute atomic E-state index is 0.0308. The third-order valence-electron chi connectivity index (χ3n) is 8.05. The minimum Gasteiger partial charge on any atom is -0.497 e. The van der Waals surface area contributed by atoms with E-state index in [0.717, 1.165) is 36.4 Å². The van der Waals surface area contributed by atoms with Crippen molar-refractivity contribution in [2.24, 2.45) is 5.92 Å². The lowest BCUT2D eigenvalue weighted by Gasteiger charge is -2.35. The van der Waals surface area contributed by atoms with Crippen molar-refractivity contribution in [2.45, 2.75) is 44.0 Å². The van der Waals surface area contributed by atoms with Crippen molar-refractivity contribution in [2.75, 3.05) is 52.3 Å². The van der Waals surface area contributed by atoms with Crippen LogP contribution in [0.25, 0.3) is 0 Å². The Labute approximate surface area is 264 Å². The van der Waals surface area contributed by atoms with Crippen LogP contribution < -0.4 is 9.64 Å². The Morgan fingerprint density at radius 3 is 2.60 bits per heavy atom. The molecule has 3 heterocycles. The van der Waals surface area contributed by atoms with E-state index in [4.69, 9.17) is 16.3 Å². The Bertz CT molecular complexity index is 1460. The van der Waals surface area contributed by atoms with E-state index in [2.05, 4.69) is 20.0 Å². The number of aliphatic hydroxyl groups is 1. The lowest BCUT2D eigenvalue weighted by atomic mass is 9.90. The van der Waals surface area contributed by atoms with Crippen molar-refractivity contribution < 1.29 is 32.6 Å². The van der Waals surface area contributed by atoms with Crippen LogP contribution >= 0.6 is 11.6 Å². The number of hydrogen-bond donors (Lipinski definition) is 1. The zero-order chi connectivity index (χ0) is 32.8. The van der Waals surface area contributed by atoms with Crippen LogP contribution in [-0.2, 0) is 16.9 Å². The number of piperidine rings is 1. The summed E-state index contributed by atoms with van der Waals surface area (Å²) in [4.78, 5) is 38.9. The highest BCUT2D eigenvalue weighted by Gasteiger charge is 2.61. The van der Waals surface area contributed by atoms with E-state index in [1.54, 1.807) is 30.2 Å². The van der Waals surface area contributed by atoms with Crippen LogP contribution in [0, 0.1) is 5.92 Å². The normalized spacial score (nSPS) is 16.6. The van der Waals surface area contributed by atoms with E-state index in [1.807, 2.05) is 0 Å². The summed E-state index contributed by atoms with van der Waals surface area (Å²) in [6.07, 6.45) is 0.626. The van der Waals surface area contributed by atoms with Gasteiger partial charge in [0.2, 0.25) is 0 Å². The molecule has 11 nitrogen and oxygen atoms in total. The Hall–Kier alpha value is -3.91. The number of ether oxygens (including phenoxy) is 1. The van der Waals surface area contributed by atoms with Gasteiger partial charge in [-0.15, -0.1) is 0 Å². The van der Waals surface area contributed by atoms with E-state index in [1.165, 1.54) is 37.5 Å². The molecular formula is C30H37ClF3N7O4. The van der Waals surface area contributed by atoms with Crippen molar-refractivity contribution in [3.63, 3.8) is 0 Å². The second-order valence-corrected chi connectivity index (χ2v) is 11.5. The molecule has 0 aliphatic carbocycles. The van der Waals surface area contributed by atoms with Crippen LogP contribution in [-0.4, -0.2) is 100 Å². The summed E-state index contributed by atoms with van der Waals surface area (Å²) >= 11 is 6.44. The molecular weight excluding hydrogens is 615 g/mol. The molecule has 1 aliphatic heterocycles. The first-order chi connectivity index (χ1) is 21.3. The fourth-order valence-corrected chi connectivity index (χ4v) is 5.66. The maximum Gasteiger partial charge on any atom is 0.430 e. The van der Waals surface area contributed by atoms with Crippen LogP contribution in [0.3, 0.4) is 0 Å². The van der Waals surface area contributed by atoms with Crippen LogP contribution in [0.5, 0.6) is 5.75 Å². The van der Waals surface area contributed by atoms with Crippen LogP contribution in [0.15, 0.2) is 49.1 Å². The molecule has 2 amide bonds. The Kier molecular flexibility index (Phi) is 10.9. The first-order valence-corrected chi connectivity index (χ1v) is 14.9. The average molecular weight is 652 g/mol. The fraction of sp³-hybridized carbons (Fsp3) is 0.500. The monoisotopic (exact) mass is 651 g/mol. The van der Waals surface area contributed by atoms with E-state index in [-0.39, 0.29) is 34.8 Å². The number of hydrogen-bond acceptors (Lipinski definition) is 8. The number of likely N-dealkylation sites (N-methyl/N-ethyl adjacent to an activating group) is 2. The topological polar surface area (TPSA) is 117 Å². The van der Waals surface area contributed by atoms with E-state index >= 15 is 0 Å². The quantitative estimate of drug-likeness (QED) is 0.292. The first-order valence-electron chi connectivity index (χ1n) is 14.5. The number of halogens is 4. The molecule has 0 unspecified atom stereocenters. The number of rotatable bonds is 12. The third-order valence-corrected chi connectivity index (χ3v) is 8.33.